The first-order valence-corrected chi connectivity index (χ1v) is 10.0. The molecular weight excluding hydrogens is 374 g/mol. The van der Waals surface area contributed by atoms with Gasteiger partial charge in [-0.05, 0) is 43.9 Å². The summed E-state index contributed by atoms with van der Waals surface area (Å²) in [5, 5.41) is 0. The number of fused-ring (bicyclic) bond motifs is 1. The van der Waals surface area contributed by atoms with Gasteiger partial charge in [-0.3, -0.25) is 14.6 Å². The van der Waals surface area contributed by atoms with Crippen molar-refractivity contribution in [3.05, 3.63) is 55.9 Å². The number of aromatic nitrogens is 2. The van der Waals surface area contributed by atoms with E-state index in [1.807, 2.05) is 23.1 Å². The summed E-state index contributed by atoms with van der Waals surface area (Å²) in [6.45, 7) is 3.63. The van der Waals surface area contributed by atoms with Crippen LogP contribution in [0.25, 0.3) is 0 Å². The van der Waals surface area contributed by atoms with Crippen molar-refractivity contribution in [2.45, 2.75) is 45.1 Å². The van der Waals surface area contributed by atoms with E-state index in [1.165, 1.54) is 0 Å². The number of nitrogens with zero attached hydrogens (tertiary/aromatic N) is 1. The number of H-pyrrole nitrogens is 2. The fraction of sp³-hybridized carbons (Fsp3) is 0.476. The van der Waals surface area contributed by atoms with Crippen molar-refractivity contribution in [1.29, 1.82) is 0 Å². The summed E-state index contributed by atoms with van der Waals surface area (Å²) in [5.41, 5.74) is 1.03. The largest absolute Gasteiger partial charge is 0.490 e. The molecule has 0 radical (unpaired) electrons. The highest BCUT2D eigenvalue weighted by molar-refractivity contribution is 5.77. The monoisotopic (exact) mass is 399 g/mol. The molecule has 29 heavy (non-hydrogen) atoms. The molecule has 8 heteroatoms. The van der Waals surface area contributed by atoms with E-state index in [4.69, 9.17) is 9.47 Å². The molecule has 0 saturated carbocycles. The third-order valence-corrected chi connectivity index (χ3v) is 5.57. The van der Waals surface area contributed by atoms with Gasteiger partial charge in [0.2, 0.25) is 5.91 Å². The summed E-state index contributed by atoms with van der Waals surface area (Å²) in [6.07, 6.45) is 3.19. The smallest absolute Gasteiger partial charge is 0.325 e. The van der Waals surface area contributed by atoms with Gasteiger partial charge in [-0.1, -0.05) is 6.07 Å². The minimum absolute atomic E-state index is 0.00427. The molecule has 2 aliphatic rings. The Balaban J connectivity index is 1.48. The first kappa shape index (κ1) is 19.3. The third kappa shape index (κ3) is 4.06. The van der Waals surface area contributed by atoms with E-state index in [2.05, 4.69) is 9.97 Å². The normalized spacial score (nSPS) is 18.5. The first-order chi connectivity index (χ1) is 14.0. The van der Waals surface area contributed by atoms with E-state index in [0.717, 1.165) is 36.3 Å². The van der Waals surface area contributed by atoms with Gasteiger partial charge < -0.3 is 19.4 Å². The fourth-order valence-corrected chi connectivity index (χ4v) is 4.10. The van der Waals surface area contributed by atoms with E-state index in [0.29, 0.717) is 37.4 Å². The quantitative estimate of drug-likeness (QED) is 0.816. The van der Waals surface area contributed by atoms with Crippen LogP contribution in [0.4, 0.5) is 0 Å². The van der Waals surface area contributed by atoms with Gasteiger partial charge in [0.05, 0.1) is 19.3 Å². The number of benzene rings is 1. The molecule has 2 aromatic rings. The molecule has 1 fully saturated rings. The summed E-state index contributed by atoms with van der Waals surface area (Å²) in [6, 6.07) is 5.89. The number of nitrogens with one attached hydrogen (secondary N) is 2. The Kier molecular flexibility index (Phi) is 5.42. The lowest BCUT2D eigenvalue weighted by Gasteiger charge is -2.26. The van der Waals surface area contributed by atoms with Crippen molar-refractivity contribution in [3.8, 4) is 11.5 Å². The summed E-state index contributed by atoms with van der Waals surface area (Å²) >= 11 is 0. The van der Waals surface area contributed by atoms with Crippen LogP contribution < -0.4 is 20.7 Å². The van der Waals surface area contributed by atoms with Gasteiger partial charge >= 0.3 is 5.69 Å². The molecule has 0 bridgehead atoms. The Morgan fingerprint density at radius 2 is 1.93 bits per heavy atom. The maximum absolute atomic E-state index is 12.9. The van der Waals surface area contributed by atoms with Gasteiger partial charge in [0.25, 0.3) is 5.56 Å². The standard InChI is InChI=1S/C21H25N3O5/c1-13-15(20(26)23-21(27)22-13)6-8-19(25)24-9-2-4-16(24)14-5-7-17-18(12-14)29-11-3-10-28-17/h5,7,12,16H,2-4,6,8-11H2,1H3,(H2,22,23,26,27). The maximum Gasteiger partial charge on any atom is 0.325 e. The van der Waals surface area contributed by atoms with Crippen LogP contribution in [-0.4, -0.2) is 40.5 Å². The third-order valence-electron chi connectivity index (χ3n) is 5.57. The highest BCUT2D eigenvalue weighted by Crippen LogP contribution is 2.38. The SMILES string of the molecule is Cc1[nH]c(=O)[nH]c(=O)c1CCC(=O)N1CCCC1c1ccc2c(c1)OCCCO2. The fourth-order valence-electron chi connectivity index (χ4n) is 4.10. The van der Waals surface area contributed by atoms with Gasteiger partial charge in [0.15, 0.2) is 11.5 Å². The summed E-state index contributed by atoms with van der Waals surface area (Å²) in [7, 11) is 0. The number of likely N-dealkylation sites (tertiary alicyclic amines) is 1. The molecular formula is C21H25N3O5. The van der Waals surface area contributed by atoms with Crippen molar-refractivity contribution in [2.75, 3.05) is 19.8 Å². The predicted molar refractivity (Wildman–Crippen MR) is 106 cm³/mol. The van der Waals surface area contributed by atoms with E-state index >= 15 is 0 Å². The number of aryl methyl sites for hydroxylation is 1. The van der Waals surface area contributed by atoms with Gasteiger partial charge in [-0.25, -0.2) is 4.79 Å². The Morgan fingerprint density at radius 3 is 2.72 bits per heavy atom. The van der Waals surface area contributed by atoms with Gasteiger partial charge in [0.1, 0.15) is 0 Å². The lowest BCUT2D eigenvalue weighted by Crippen LogP contribution is -2.32. The van der Waals surface area contributed by atoms with Crippen molar-refractivity contribution in [1.82, 2.24) is 14.9 Å². The van der Waals surface area contributed by atoms with E-state index < -0.39 is 11.2 Å². The molecule has 1 unspecified atom stereocenters. The number of carbonyl (C=O) groups excluding carboxylic acids is 1. The van der Waals surface area contributed by atoms with Crippen LogP contribution >= 0.6 is 0 Å². The molecule has 0 aliphatic carbocycles. The number of aromatic amines is 2. The number of rotatable bonds is 4. The van der Waals surface area contributed by atoms with Crippen LogP contribution in [-0.2, 0) is 11.2 Å². The van der Waals surface area contributed by atoms with Crippen molar-refractivity contribution in [2.24, 2.45) is 0 Å². The summed E-state index contributed by atoms with van der Waals surface area (Å²) < 4.78 is 11.5. The molecule has 1 saturated heterocycles. The molecule has 1 aromatic carbocycles. The molecule has 1 atom stereocenters. The summed E-state index contributed by atoms with van der Waals surface area (Å²) in [4.78, 5) is 43.0. The topological polar surface area (TPSA) is 104 Å². The van der Waals surface area contributed by atoms with Crippen molar-refractivity contribution < 1.29 is 14.3 Å². The molecule has 1 aromatic heterocycles. The van der Waals surface area contributed by atoms with E-state index in [9.17, 15) is 14.4 Å². The first-order valence-electron chi connectivity index (χ1n) is 10.0. The van der Waals surface area contributed by atoms with Crippen LogP contribution in [0.1, 0.15) is 48.5 Å². The van der Waals surface area contributed by atoms with E-state index in [-0.39, 0.29) is 18.4 Å². The molecule has 4 rings (SSSR count). The lowest BCUT2D eigenvalue weighted by molar-refractivity contribution is -0.132. The number of carbonyl (C=O) groups is 1. The zero-order chi connectivity index (χ0) is 20.4. The van der Waals surface area contributed by atoms with Gasteiger partial charge in [-0.15, -0.1) is 0 Å². The maximum atomic E-state index is 12.9. The number of ether oxygens (including phenoxy) is 2. The highest BCUT2D eigenvalue weighted by Gasteiger charge is 2.30. The minimum atomic E-state index is -0.531. The second-order valence-electron chi connectivity index (χ2n) is 7.51. The zero-order valence-electron chi connectivity index (χ0n) is 16.5. The lowest BCUT2D eigenvalue weighted by atomic mass is 10.0. The number of hydrogen-bond acceptors (Lipinski definition) is 5. The Hall–Kier alpha value is -3.03. The van der Waals surface area contributed by atoms with Crippen LogP contribution in [0.2, 0.25) is 0 Å². The molecule has 2 N–H and O–H groups in total. The van der Waals surface area contributed by atoms with Gasteiger partial charge in [-0.2, -0.15) is 0 Å². The summed E-state index contributed by atoms with van der Waals surface area (Å²) in [5.74, 6) is 1.48. The second kappa shape index (κ2) is 8.14. The average Bonchev–Trinajstić information content (AvgIpc) is 3.06. The predicted octanol–water partition coefficient (Wildman–Crippen LogP) is 1.83. The molecule has 1 amide bonds. The Labute approximate surface area is 167 Å². The highest BCUT2D eigenvalue weighted by atomic mass is 16.5. The minimum Gasteiger partial charge on any atom is -0.490 e. The zero-order valence-corrected chi connectivity index (χ0v) is 16.5. The Bertz CT molecular complexity index is 1030. The molecule has 8 nitrogen and oxygen atoms in total. The van der Waals surface area contributed by atoms with Crippen LogP contribution in [0, 0.1) is 6.92 Å². The Morgan fingerprint density at radius 1 is 1.14 bits per heavy atom. The average molecular weight is 399 g/mol. The molecule has 2 aliphatic heterocycles. The molecule has 0 spiro atoms. The van der Waals surface area contributed by atoms with Crippen LogP contribution in [0.5, 0.6) is 11.5 Å². The molecule has 154 valence electrons. The number of amides is 1. The second-order valence-corrected chi connectivity index (χ2v) is 7.51. The van der Waals surface area contributed by atoms with E-state index in [1.54, 1.807) is 6.92 Å². The van der Waals surface area contributed by atoms with Crippen molar-refractivity contribution >= 4 is 5.91 Å². The van der Waals surface area contributed by atoms with Crippen molar-refractivity contribution in [3.63, 3.8) is 0 Å². The van der Waals surface area contributed by atoms with Gasteiger partial charge in [0, 0.05) is 30.6 Å². The number of hydrogen-bond donors (Lipinski definition) is 2. The van der Waals surface area contributed by atoms with Crippen LogP contribution in [0.15, 0.2) is 27.8 Å². The molecule has 3 heterocycles. The van der Waals surface area contributed by atoms with Crippen LogP contribution in [0.3, 0.4) is 0 Å².